The van der Waals surface area contributed by atoms with E-state index in [1.165, 1.54) is 0 Å². The van der Waals surface area contributed by atoms with Crippen LogP contribution in [0.1, 0.15) is 0 Å². The van der Waals surface area contributed by atoms with Gasteiger partial charge in [-0.2, -0.15) is 0 Å². The van der Waals surface area contributed by atoms with Crippen molar-refractivity contribution in [1.29, 1.82) is 0 Å². The molecule has 21 heavy (non-hydrogen) atoms. The molecule has 0 aliphatic heterocycles. The van der Waals surface area contributed by atoms with E-state index in [1.807, 2.05) is 60.7 Å². The normalized spacial score (nSPS) is 10.3. The summed E-state index contributed by atoms with van der Waals surface area (Å²) in [5.74, 6) is 0.552. The third-order valence-electron chi connectivity index (χ3n) is 3.04. The maximum atomic E-state index is 12.0. The zero-order valence-electron chi connectivity index (χ0n) is 11.0. The highest BCUT2D eigenvalue weighted by Crippen LogP contribution is 2.25. The lowest BCUT2D eigenvalue weighted by Gasteiger charge is -2.09. The Morgan fingerprint density at radius 1 is 0.905 bits per heavy atom. The Kier molecular flexibility index (Phi) is 4.06. The Morgan fingerprint density at radius 2 is 1.62 bits per heavy atom. The van der Waals surface area contributed by atoms with Gasteiger partial charge >= 0.3 is 6.09 Å². The largest absolute Gasteiger partial charge is 0.417 e. The summed E-state index contributed by atoms with van der Waals surface area (Å²) in [7, 11) is 0. The van der Waals surface area contributed by atoms with Crippen LogP contribution in [-0.4, -0.2) is 6.09 Å². The highest BCUT2D eigenvalue weighted by Gasteiger charge is 2.08. The van der Waals surface area contributed by atoms with Gasteiger partial charge in [-0.25, -0.2) is 4.79 Å². The summed E-state index contributed by atoms with van der Waals surface area (Å²) in [6.07, 6.45) is -0.493. The molecule has 3 aromatic carbocycles. The molecular weight excluding hydrogens is 377 g/mol. The van der Waals surface area contributed by atoms with E-state index in [-0.39, 0.29) is 0 Å². The Hall–Kier alpha value is -2.08. The van der Waals surface area contributed by atoms with Crippen LogP contribution < -0.4 is 10.1 Å². The number of ether oxygens (including phenoxy) is 1. The molecule has 3 nitrogen and oxygen atoms in total. The molecule has 0 bridgehead atoms. The number of halogens is 1. The van der Waals surface area contributed by atoms with Crippen molar-refractivity contribution >= 4 is 45.1 Å². The lowest BCUT2D eigenvalue weighted by molar-refractivity contribution is 0.215. The summed E-state index contributed by atoms with van der Waals surface area (Å²) in [6.45, 7) is 0. The van der Waals surface area contributed by atoms with Gasteiger partial charge in [-0.05, 0) is 58.3 Å². The van der Waals surface area contributed by atoms with Crippen molar-refractivity contribution in [3.63, 3.8) is 0 Å². The van der Waals surface area contributed by atoms with Gasteiger partial charge in [-0.3, -0.25) is 5.32 Å². The van der Waals surface area contributed by atoms with E-state index in [1.54, 1.807) is 6.07 Å². The van der Waals surface area contributed by atoms with Crippen molar-refractivity contribution in [3.05, 3.63) is 70.3 Å². The molecular formula is C17H12INO2. The minimum atomic E-state index is -0.493. The van der Waals surface area contributed by atoms with Crippen molar-refractivity contribution < 1.29 is 9.53 Å². The van der Waals surface area contributed by atoms with Gasteiger partial charge in [0, 0.05) is 14.6 Å². The lowest BCUT2D eigenvalue weighted by atomic mass is 10.1. The Bertz CT molecular complexity index is 779. The van der Waals surface area contributed by atoms with Gasteiger partial charge in [0.25, 0.3) is 0 Å². The highest BCUT2D eigenvalue weighted by molar-refractivity contribution is 14.1. The smallest absolute Gasteiger partial charge is 0.409 e. The predicted molar refractivity (Wildman–Crippen MR) is 92.8 cm³/mol. The maximum absolute atomic E-state index is 12.0. The molecule has 0 atom stereocenters. The highest BCUT2D eigenvalue weighted by atomic mass is 127. The summed E-state index contributed by atoms with van der Waals surface area (Å²) < 4.78 is 6.52. The molecule has 0 aromatic heterocycles. The number of hydrogen-bond acceptors (Lipinski definition) is 2. The number of anilines is 1. The first kappa shape index (κ1) is 13.9. The second-order valence-corrected chi connectivity index (χ2v) is 5.74. The molecule has 3 rings (SSSR count). The van der Waals surface area contributed by atoms with Crippen molar-refractivity contribution in [1.82, 2.24) is 0 Å². The fourth-order valence-corrected chi connectivity index (χ4v) is 2.42. The molecule has 3 aromatic rings. The minimum Gasteiger partial charge on any atom is -0.409 e. The Labute approximate surface area is 136 Å². The van der Waals surface area contributed by atoms with E-state index < -0.39 is 6.09 Å². The fraction of sp³-hybridized carbons (Fsp3) is 0. The summed E-state index contributed by atoms with van der Waals surface area (Å²) in [4.78, 5) is 12.0. The van der Waals surface area contributed by atoms with Crippen molar-refractivity contribution in [2.45, 2.75) is 0 Å². The van der Waals surface area contributed by atoms with Crippen LogP contribution in [0.3, 0.4) is 0 Å². The molecule has 0 unspecified atom stereocenters. The summed E-state index contributed by atoms with van der Waals surface area (Å²) in [5.41, 5.74) is 0.709. The van der Waals surface area contributed by atoms with Crippen molar-refractivity contribution in [3.8, 4) is 5.75 Å². The lowest BCUT2D eigenvalue weighted by Crippen LogP contribution is -2.16. The van der Waals surface area contributed by atoms with Crippen molar-refractivity contribution in [2.24, 2.45) is 0 Å². The topological polar surface area (TPSA) is 38.3 Å². The molecule has 0 heterocycles. The summed E-state index contributed by atoms with van der Waals surface area (Å²) in [5, 5.41) is 4.67. The Morgan fingerprint density at radius 3 is 2.43 bits per heavy atom. The van der Waals surface area contributed by atoms with Gasteiger partial charge in [-0.1, -0.05) is 36.4 Å². The number of amides is 1. The van der Waals surface area contributed by atoms with Crippen LogP contribution in [0.2, 0.25) is 0 Å². The third-order valence-corrected chi connectivity index (χ3v) is 3.76. The zero-order valence-corrected chi connectivity index (χ0v) is 13.2. The molecule has 104 valence electrons. The summed E-state index contributed by atoms with van der Waals surface area (Å²) in [6, 6.07) is 21.0. The van der Waals surface area contributed by atoms with Gasteiger partial charge < -0.3 is 4.74 Å². The van der Waals surface area contributed by atoms with Gasteiger partial charge in [0.2, 0.25) is 0 Å². The second kappa shape index (κ2) is 6.13. The Balaban J connectivity index is 1.79. The molecule has 1 amide bonds. The quantitative estimate of drug-likeness (QED) is 0.623. The number of nitrogens with one attached hydrogen (secondary N) is 1. The van der Waals surface area contributed by atoms with Gasteiger partial charge in [0.15, 0.2) is 0 Å². The van der Waals surface area contributed by atoms with Crippen LogP contribution in [0, 0.1) is 3.57 Å². The number of rotatable bonds is 2. The number of hydrogen-bond donors (Lipinski definition) is 1. The number of benzene rings is 3. The van der Waals surface area contributed by atoms with E-state index in [2.05, 4.69) is 27.9 Å². The standard InChI is InChI=1S/C17H12INO2/c18-13-8-10-14(11-9-13)19-17(20)21-16-7-3-5-12-4-1-2-6-15(12)16/h1-11H,(H,19,20). The molecule has 0 saturated heterocycles. The van der Waals surface area contributed by atoms with Crippen molar-refractivity contribution in [2.75, 3.05) is 5.32 Å². The van der Waals surface area contributed by atoms with E-state index in [0.717, 1.165) is 14.3 Å². The molecule has 1 N–H and O–H groups in total. The molecule has 4 heteroatoms. The van der Waals surface area contributed by atoms with Gasteiger partial charge in [0.1, 0.15) is 5.75 Å². The second-order valence-electron chi connectivity index (χ2n) is 4.50. The average molecular weight is 389 g/mol. The van der Waals surface area contributed by atoms with E-state index in [0.29, 0.717) is 11.4 Å². The molecule has 0 radical (unpaired) electrons. The van der Waals surface area contributed by atoms with Crippen LogP contribution in [-0.2, 0) is 0 Å². The van der Waals surface area contributed by atoms with Crippen LogP contribution in [0.4, 0.5) is 10.5 Å². The molecule has 0 fully saturated rings. The van der Waals surface area contributed by atoms with Crippen LogP contribution in [0.15, 0.2) is 66.7 Å². The third kappa shape index (κ3) is 3.33. The number of carbonyl (C=O) groups excluding carboxylic acids is 1. The monoisotopic (exact) mass is 389 g/mol. The predicted octanol–water partition coefficient (Wildman–Crippen LogP) is 5.06. The first-order valence-corrected chi connectivity index (χ1v) is 7.52. The SMILES string of the molecule is O=C(Nc1ccc(I)cc1)Oc1cccc2ccccc12. The molecule has 0 aliphatic carbocycles. The number of carbonyl (C=O) groups is 1. The first-order chi connectivity index (χ1) is 10.2. The molecule has 0 saturated carbocycles. The van der Waals surface area contributed by atoms with E-state index >= 15 is 0 Å². The molecule has 0 aliphatic rings. The first-order valence-electron chi connectivity index (χ1n) is 6.44. The summed E-state index contributed by atoms with van der Waals surface area (Å²) >= 11 is 2.21. The average Bonchev–Trinajstić information content (AvgIpc) is 2.50. The van der Waals surface area contributed by atoms with Crippen LogP contribution in [0.5, 0.6) is 5.75 Å². The van der Waals surface area contributed by atoms with E-state index in [9.17, 15) is 4.79 Å². The number of fused-ring (bicyclic) bond motifs is 1. The van der Waals surface area contributed by atoms with Gasteiger partial charge in [-0.15, -0.1) is 0 Å². The zero-order chi connectivity index (χ0) is 14.7. The fourth-order valence-electron chi connectivity index (χ4n) is 2.06. The maximum Gasteiger partial charge on any atom is 0.417 e. The van der Waals surface area contributed by atoms with E-state index in [4.69, 9.17) is 4.74 Å². The van der Waals surface area contributed by atoms with Crippen LogP contribution in [0.25, 0.3) is 10.8 Å². The molecule has 0 spiro atoms. The minimum absolute atomic E-state index is 0.493. The van der Waals surface area contributed by atoms with Crippen LogP contribution >= 0.6 is 22.6 Å². The van der Waals surface area contributed by atoms with Gasteiger partial charge in [0.05, 0.1) is 0 Å².